The molecule has 0 radical (unpaired) electrons. The molecule has 7 nitrogen and oxygen atoms in total. The van der Waals surface area contributed by atoms with Crippen LogP contribution in [-0.2, 0) is 20.9 Å². The van der Waals surface area contributed by atoms with E-state index in [1.54, 1.807) is 23.6 Å². The molecule has 0 spiro atoms. The highest BCUT2D eigenvalue weighted by Gasteiger charge is 2.18. The molecule has 0 unspecified atom stereocenters. The van der Waals surface area contributed by atoms with Crippen LogP contribution in [0, 0.1) is 0 Å². The Labute approximate surface area is 145 Å². The number of rotatable bonds is 4. The Morgan fingerprint density at radius 1 is 1.42 bits per heavy atom. The van der Waals surface area contributed by atoms with Gasteiger partial charge in [0.2, 0.25) is 11.8 Å². The summed E-state index contributed by atoms with van der Waals surface area (Å²) in [6.45, 7) is 1.40. The Bertz CT molecular complexity index is 819. The van der Waals surface area contributed by atoms with Gasteiger partial charge in [-0.05, 0) is 18.2 Å². The SMILES string of the molecule is CC(=O)Nc1nc(COC(=O)c2ccc3c(c2)NC(=O)CS3)cs1. The van der Waals surface area contributed by atoms with Crippen LogP contribution in [0.2, 0.25) is 0 Å². The minimum absolute atomic E-state index is 0.00706. The Morgan fingerprint density at radius 2 is 2.25 bits per heavy atom. The van der Waals surface area contributed by atoms with E-state index in [4.69, 9.17) is 4.74 Å². The van der Waals surface area contributed by atoms with Gasteiger partial charge in [0.15, 0.2) is 5.13 Å². The number of fused-ring (bicyclic) bond motifs is 1. The van der Waals surface area contributed by atoms with E-state index in [0.717, 1.165) is 4.90 Å². The van der Waals surface area contributed by atoms with Crippen molar-refractivity contribution in [1.82, 2.24) is 4.98 Å². The van der Waals surface area contributed by atoms with E-state index in [-0.39, 0.29) is 18.4 Å². The number of thioether (sulfide) groups is 1. The van der Waals surface area contributed by atoms with Crippen LogP contribution < -0.4 is 10.6 Å². The van der Waals surface area contributed by atoms with Crippen molar-refractivity contribution in [3.63, 3.8) is 0 Å². The molecule has 0 aliphatic carbocycles. The third kappa shape index (κ3) is 3.92. The second-order valence-electron chi connectivity index (χ2n) is 4.95. The molecule has 0 bridgehead atoms. The van der Waals surface area contributed by atoms with E-state index < -0.39 is 5.97 Å². The van der Waals surface area contributed by atoms with Gasteiger partial charge >= 0.3 is 5.97 Å². The van der Waals surface area contributed by atoms with Crippen molar-refractivity contribution in [3.05, 3.63) is 34.8 Å². The number of amides is 2. The van der Waals surface area contributed by atoms with Crippen LogP contribution in [0.1, 0.15) is 23.0 Å². The van der Waals surface area contributed by atoms with Gasteiger partial charge < -0.3 is 15.4 Å². The first-order chi connectivity index (χ1) is 11.5. The predicted molar refractivity (Wildman–Crippen MR) is 91.3 cm³/mol. The zero-order valence-corrected chi connectivity index (χ0v) is 14.3. The number of nitrogens with zero attached hydrogens (tertiary/aromatic N) is 1. The number of anilines is 2. The molecule has 1 aliphatic rings. The number of nitrogens with one attached hydrogen (secondary N) is 2. The van der Waals surface area contributed by atoms with E-state index in [9.17, 15) is 14.4 Å². The molecule has 1 aliphatic heterocycles. The quantitative estimate of drug-likeness (QED) is 0.810. The summed E-state index contributed by atoms with van der Waals surface area (Å²) in [4.78, 5) is 39.6. The monoisotopic (exact) mass is 363 g/mol. The molecular formula is C15H13N3O4S2. The number of carbonyl (C=O) groups is 3. The fourth-order valence-corrected chi connectivity index (χ4v) is 3.54. The summed E-state index contributed by atoms with van der Waals surface area (Å²) in [5, 5.41) is 7.47. The predicted octanol–water partition coefficient (Wildman–Crippen LogP) is 2.50. The fourth-order valence-electron chi connectivity index (χ4n) is 2.01. The van der Waals surface area contributed by atoms with Gasteiger partial charge in [0.05, 0.1) is 22.7 Å². The van der Waals surface area contributed by atoms with Gasteiger partial charge in [-0.3, -0.25) is 9.59 Å². The van der Waals surface area contributed by atoms with Crippen LogP contribution >= 0.6 is 23.1 Å². The Kier molecular flexibility index (Phi) is 4.81. The Morgan fingerprint density at radius 3 is 3.04 bits per heavy atom. The lowest BCUT2D eigenvalue weighted by Crippen LogP contribution is -2.19. The Hall–Kier alpha value is -2.39. The average molecular weight is 363 g/mol. The molecule has 0 saturated heterocycles. The third-order valence-corrected chi connectivity index (χ3v) is 4.91. The third-order valence-electron chi connectivity index (χ3n) is 3.03. The van der Waals surface area contributed by atoms with Gasteiger partial charge in [0, 0.05) is 17.2 Å². The smallest absolute Gasteiger partial charge is 0.338 e. The van der Waals surface area contributed by atoms with Gasteiger partial charge in [-0.1, -0.05) is 0 Å². The highest BCUT2D eigenvalue weighted by atomic mass is 32.2. The van der Waals surface area contributed by atoms with E-state index in [0.29, 0.717) is 27.8 Å². The standard InChI is InChI=1S/C15H13N3O4S2/c1-8(19)16-15-17-10(6-24-15)5-22-14(21)9-2-3-12-11(4-9)18-13(20)7-23-12/h2-4,6H,5,7H2,1H3,(H,18,20)(H,16,17,19). The first-order valence-electron chi connectivity index (χ1n) is 6.97. The number of esters is 1. The van der Waals surface area contributed by atoms with E-state index in [1.165, 1.54) is 30.0 Å². The minimum Gasteiger partial charge on any atom is -0.456 e. The summed E-state index contributed by atoms with van der Waals surface area (Å²) < 4.78 is 5.22. The van der Waals surface area contributed by atoms with Gasteiger partial charge in [0.25, 0.3) is 0 Å². The number of hydrogen-bond acceptors (Lipinski definition) is 7. The normalized spacial score (nSPS) is 13.0. The number of hydrogen-bond donors (Lipinski definition) is 2. The number of benzene rings is 1. The average Bonchev–Trinajstić information content (AvgIpc) is 2.98. The summed E-state index contributed by atoms with van der Waals surface area (Å²) in [5.74, 6) is -0.429. The summed E-state index contributed by atoms with van der Waals surface area (Å²) in [6, 6.07) is 5.05. The molecule has 0 saturated carbocycles. The summed E-state index contributed by atoms with van der Waals surface area (Å²) >= 11 is 2.69. The number of aromatic nitrogens is 1. The first kappa shape index (κ1) is 16.5. The molecule has 9 heteroatoms. The van der Waals surface area contributed by atoms with Gasteiger partial charge in [-0.15, -0.1) is 23.1 Å². The topological polar surface area (TPSA) is 97.4 Å². The highest BCUT2D eigenvalue weighted by Crippen LogP contribution is 2.32. The minimum atomic E-state index is -0.503. The van der Waals surface area contributed by atoms with Crippen LogP contribution in [0.5, 0.6) is 0 Å². The molecule has 1 aromatic heterocycles. The first-order valence-corrected chi connectivity index (χ1v) is 8.83. The van der Waals surface area contributed by atoms with Crippen LogP contribution in [-0.4, -0.2) is 28.5 Å². The molecule has 2 aromatic rings. The van der Waals surface area contributed by atoms with Crippen LogP contribution in [0.25, 0.3) is 0 Å². The number of thiazole rings is 1. The van der Waals surface area contributed by atoms with Gasteiger partial charge in [0.1, 0.15) is 6.61 Å². The van der Waals surface area contributed by atoms with Crippen molar-refractivity contribution in [2.75, 3.05) is 16.4 Å². The molecule has 2 amide bonds. The van der Waals surface area contributed by atoms with Crippen molar-refractivity contribution in [3.8, 4) is 0 Å². The molecule has 1 aromatic carbocycles. The zero-order valence-electron chi connectivity index (χ0n) is 12.6. The van der Waals surface area contributed by atoms with Crippen LogP contribution in [0.4, 0.5) is 10.8 Å². The molecule has 24 heavy (non-hydrogen) atoms. The maximum absolute atomic E-state index is 12.1. The largest absolute Gasteiger partial charge is 0.456 e. The summed E-state index contributed by atoms with van der Waals surface area (Å²) in [7, 11) is 0. The lowest BCUT2D eigenvalue weighted by atomic mass is 10.2. The molecule has 0 fully saturated rings. The molecule has 2 N–H and O–H groups in total. The molecule has 0 atom stereocenters. The second-order valence-corrected chi connectivity index (χ2v) is 6.82. The zero-order chi connectivity index (χ0) is 17.1. The molecule has 124 valence electrons. The van der Waals surface area contributed by atoms with Crippen molar-refractivity contribution in [2.45, 2.75) is 18.4 Å². The Balaban J connectivity index is 1.63. The van der Waals surface area contributed by atoms with E-state index in [2.05, 4.69) is 15.6 Å². The van der Waals surface area contributed by atoms with Crippen LogP contribution in [0.3, 0.4) is 0 Å². The van der Waals surface area contributed by atoms with Crippen molar-refractivity contribution in [2.24, 2.45) is 0 Å². The van der Waals surface area contributed by atoms with Gasteiger partial charge in [-0.25, -0.2) is 9.78 Å². The maximum atomic E-state index is 12.1. The van der Waals surface area contributed by atoms with Gasteiger partial charge in [-0.2, -0.15) is 0 Å². The van der Waals surface area contributed by atoms with Crippen molar-refractivity contribution >= 4 is 51.7 Å². The highest BCUT2D eigenvalue weighted by molar-refractivity contribution is 8.00. The number of ether oxygens (including phenoxy) is 1. The second kappa shape index (κ2) is 7.02. The lowest BCUT2D eigenvalue weighted by molar-refractivity contribution is -0.114. The summed E-state index contributed by atoms with van der Waals surface area (Å²) in [6.07, 6.45) is 0. The molecule has 3 rings (SSSR count). The summed E-state index contributed by atoms with van der Waals surface area (Å²) in [5.41, 5.74) is 1.53. The van der Waals surface area contributed by atoms with Crippen molar-refractivity contribution < 1.29 is 19.1 Å². The molecule has 2 heterocycles. The maximum Gasteiger partial charge on any atom is 0.338 e. The van der Waals surface area contributed by atoms with E-state index >= 15 is 0 Å². The molecular weight excluding hydrogens is 350 g/mol. The van der Waals surface area contributed by atoms with Crippen molar-refractivity contribution in [1.29, 1.82) is 0 Å². The number of carbonyl (C=O) groups excluding carboxylic acids is 3. The lowest BCUT2D eigenvalue weighted by Gasteiger charge is -2.16. The van der Waals surface area contributed by atoms with Crippen LogP contribution in [0.15, 0.2) is 28.5 Å². The van der Waals surface area contributed by atoms with E-state index in [1.807, 2.05) is 0 Å². The fraction of sp³-hybridized carbons (Fsp3) is 0.200.